The SMILES string of the molecule is Cc1[nH]c(=S)[nH]c(=O)c1Cc1cc(Cl)ccc1O. The van der Waals surface area contributed by atoms with Crippen molar-refractivity contribution in [3.8, 4) is 5.75 Å². The highest BCUT2D eigenvalue weighted by Crippen LogP contribution is 2.23. The van der Waals surface area contributed by atoms with Crippen molar-refractivity contribution in [3.63, 3.8) is 0 Å². The first-order valence-corrected chi connectivity index (χ1v) is 6.05. The summed E-state index contributed by atoms with van der Waals surface area (Å²) in [6.45, 7) is 1.77. The number of halogens is 1. The van der Waals surface area contributed by atoms with E-state index >= 15 is 0 Å². The Labute approximate surface area is 113 Å². The Morgan fingerprint density at radius 1 is 1.39 bits per heavy atom. The Morgan fingerprint density at radius 3 is 2.78 bits per heavy atom. The smallest absolute Gasteiger partial charge is 0.255 e. The molecule has 2 rings (SSSR count). The number of aryl methyl sites for hydroxylation is 1. The van der Waals surface area contributed by atoms with Gasteiger partial charge in [-0.15, -0.1) is 0 Å². The average molecular weight is 283 g/mol. The summed E-state index contributed by atoms with van der Waals surface area (Å²) < 4.78 is 0.288. The van der Waals surface area contributed by atoms with Crippen molar-refractivity contribution in [1.82, 2.24) is 9.97 Å². The lowest BCUT2D eigenvalue weighted by molar-refractivity contribution is 0.469. The van der Waals surface area contributed by atoms with E-state index in [2.05, 4.69) is 9.97 Å². The highest BCUT2D eigenvalue weighted by atomic mass is 35.5. The number of hydrogen-bond donors (Lipinski definition) is 3. The number of aromatic amines is 2. The van der Waals surface area contributed by atoms with E-state index in [0.29, 0.717) is 28.3 Å². The van der Waals surface area contributed by atoms with Gasteiger partial charge in [-0.05, 0) is 42.9 Å². The molecule has 0 fully saturated rings. The maximum absolute atomic E-state index is 11.8. The van der Waals surface area contributed by atoms with Gasteiger partial charge in [0.15, 0.2) is 4.77 Å². The minimum atomic E-state index is -0.254. The van der Waals surface area contributed by atoms with Crippen LogP contribution in [0.3, 0.4) is 0 Å². The largest absolute Gasteiger partial charge is 0.508 e. The predicted molar refractivity (Wildman–Crippen MR) is 72.9 cm³/mol. The third kappa shape index (κ3) is 2.63. The summed E-state index contributed by atoms with van der Waals surface area (Å²) in [6, 6.07) is 4.74. The van der Waals surface area contributed by atoms with E-state index in [1.807, 2.05) is 0 Å². The number of H-pyrrole nitrogens is 2. The monoisotopic (exact) mass is 282 g/mol. The van der Waals surface area contributed by atoms with Gasteiger partial charge in [0.2, 0.25) is 0 Å². The highest BCUT2D eigenvalue weighted by molar-refractivity contribution is 7.71. The molecule has 0 saturated carbocycles. The highest BCUT2D eigenvalue weighted by Gasteiger charge is 2.09. The van der Waals surface area contributed by atoms with Crippen LogP contribution < -0.4 is 5.56 Å². The van der Waals surface area contributed by atoms with Gasteiger partial charge in [-0.2, -0.15) is 0 Å². The lowest BCUT2D eigenvalue weighted by atomic mass is 10.0. The number of benzene rings is 1. The molecule has 0 aliphatic carbocycles. The lowest BCUT2D eigenvalue weighted by Gasteiger charge is -2.07. The molecule has 0 radical (unpaired) electrons. The van der Waals surface area contributed by atoms with Gasteiger partial charge in [0, 0.05) is 22.7 Å². The second-order valence-electron chi connectivity index (χ2n) is 3.96. The van der Waals surface area contributed by atoms with Gasteiger partial charge in [-0.25, -0.2) is 0 Å². The van der Waals surface area contributed by atoms with Crippen LogP contribution in [0.2, 0.25) is 5.02 Å². The van der Waals surface area contributed by atoms with Crippen molar-refractivity contribution in [3.05, 3.63) is 55.2 Å². The number of hydrogen-bond acceptors (Lipinski definition) is 3. The van der Waals surface area contributed by atoms with E-state index in [-0.39, 0.29) is 16.1 Å². The van der Waals surface area contributed by atoms with E-state index in [1.165, 1.54) is 6.07 Å². The zero-order valence-electron chi connectivity index (χ0n) is 9.58. The van der Waals surface area contributed by atoms with Crippen LogP contribution in [0.5, 0.6) is 5.75 Å². The molecule has 6 heteroatoms. The number of aromatic nitrogens is 2. The standard InChI is InChI=1S/C12H11ClN2O2S/c1-6-9(11(17)15-12(18)14-6)5-7-4-8(13)2-3-10(7)16/h2-4,16H,5H2,1H3,(H2,14,15,17,18). The molecule has 1 heterocycles. The second-order valence-corrected chi connectivity index (χ2v) is 4.81. The topological polar surface area (TPSA) is 68.9 Å². The van der Waals surface area contributed by atoms with Crippen LogP contribution in [0, 0.1) is 11.7 Å². The second kappa shape index (κ2) is 4.96. The van der Waals surface area contributed by atoms with Crippen molar-refractivity contribution in [2.75, 3.05) is 0 Å². The molecule has 0 bridgehead atoms. The van der Waals surface area contributed by atoms with Crippen molar-refractivity contribution < 1.29 is 5.11 Å². The summed E-state index contributed by atoms with van der Waals surface area (Å²) in [5, 5.41) is 10.2. The molecule has 18 heavy (non-hydrogen) atoms. The molecule has 0 atom stereocenters. The molecule has 0 amide bonds. The molecule has 0 saturated heterocycles. The Balaban J connectivity index is 2.49. The third-order valence-electron chi connectivity index (χ3n) is 2.66. The van der Waals surface area contributed by atoms with Crippen molar-refractivity contribution >= 4 is 23.8 Å². The molecule has 0 spiro atoms. The van der Waals surface area contributed by atoms with Gasteiger partial charge in [-0.3, -0.25) is 9.78 Å². The number of phenolic OH excluding ortho intramolecular Hbond substituents is 1. The van der Waals surface area contributed by atoms with Gasteiger partial charge < -0.3 is 10.1 Å². The van der Waals surface area contributed by atoms with E-state index in [1.54, 1.807) is 19.1 Å². The van der Waals surface area contributed by atoms with Crippen LogP contribution in [-0.2, 0) is 6.42 Å². The molecule has 0 aliphatic rings. The maximum Gasteiger partial charge on any atom is 0.255 e. The molecular weight excluding hydrogens is 272 g/mol. The van der Waals surface area contributed by atoms with Crippen LogP contribution in [0.4, 0.5) is 0 Å². The van der Waals surface area contributed by atoms with Gasteiger partial charge in [0.1, 0.15) is 5.75 Å². The van der Waals surface area contributed by atoms with Crippen molar-refractivity contribution in [2.45, 2.75) is 13.3 Å². The summed E-state index contributed by atoms with van der Waals surface area (Å²) in [4.78, 5) is 17.2. The van der Waals surface area contributed by atoms with Gasteiger partial charge in [0.05, 0.1) is 0 Å². The Kier molecular flexibility index (Phi) is 3.54. The molecule has 2 aromatic rings. The Bertz CT molecular complexity index is 706. The lowest BCUT2D eigenvalue weighted by Crippen LogP contribution is -2.16. The number of nitrogens with one attached hydrogen (secondary N) is 2. The summed E-state index contributed by atoms with van der Waals surface area (Å²) >= 11 is 10.7. The quantitative estimate of drug-likeness (QED) is 0.742. The average Bonchev–Trinajstić information content (AvgIpc) is 2.28. The van der Waals surface area contributed by atoms with Gasteiger partial charge in [-0.1, -0.05) is 11.6 Å². The first kappa shape index (κ1) is 12.9. The van der Waals surface area contributed by atoms with Gasteiger partial charge >= 0.3 is 0 Å². The van der Waals surface area contributed by atoms with Crippen LogP contribution in [0.25, 0.3) is 0 Å². The Morgan fingerprint density at radius 2 is 2.11 bits per heavy atom. The molecule has 3 N–H and O–H groups in total. The van der Waals surface area contributed by atoms with Crippen LogP contribution in [0.1, 0.15) is 16.8 Å². The van der Waals surface area contributed by atoms with E-state index in [4.69, 9.17) is 23.8 Å². The fourth-order valence-electron chi connectivity index (χ4n) is 1.72. The zero-order valence-corrected chi connectivity index (χ0v) is 11.2. The first-order valence-electron chi connectivity index (χ1n) is 5.27. The number of aromatic hydroxyl groups is 1. The molecule has 94 valence electrons. The fraction of sp³-hybridized carbons (Fsp3) is 0.167. The molecule has 0 aliphatic heterocycles. The molecule has 4 nitrogen and oxygen atoms in total. The van der Waals surface area contributed by atoms with Crippen LogP contribution in [0.15, 0.2) is 23.0 Å². The Hall–Kier alpha value is -1.59. The first-order chi connectivity index (χ1) is 8.47. The zero-order chi connectivity index (χ0) is 13.3. The fourth-order valence-corrected chi connectivity index (χ4v) is 2.17. The van der Waals surface area contributed by atoms with E-state index in [9.17, 15) is 9.90 Å². The summed E-state index contributed by atoms with van der Waals surface area (Å²) in [5.41, 5.74) is 1.56. The molecule has 1 aromatic carbocycles. The number of rotatable bonds is 2. The normalized spacial score (nSPS) is 10.6. The summed E-state index contributed by atoms with van der Waals surface area (Å²) in [6.07, 6.45) is 0.291. The molecule has 0 unspecified atom stereocenters. The van der Waals surface area contributed by atoms with Crippen molar-refractivity contribution in [2.24, 2.45) is 0 Å². The maximum atomic E-state index is 11.8. The summed E-state index contributed by atoms with van der Waals surface area (Å²) in [7, 11) is 0. The minimum Gasteiger partial charge on any atom is -0.508 e. The van der Waals surface area contributed by atoms with E-state index in [0.717, 1.165) is 0 Å². The van der Waals surface area contributed by atoms with Crippen LogP contribution in [-0.4, -0.2) is 15.1 Å². The summed E-state index contributed by atoms with van der Waals surface area (Å²) in [5.74, 6) is 0.112. The minimum absolute atomic E-state index is 0.112. The van der Waals surface area contributed by atoms with Crippen LogP contribution >= 0.6 is 23.8 Å². The predicted octanol–water partition coefficient (Wildman–Crippen LogP) is 2.69. The molecular formula is C12H11ClN2O2S. The molecule has 1 aromatic heterocycles. The number of phenols is 1. The van der Waals surface area contributed by atoms with Crippen molar-refractivity contribution in [1.29, 1.82) is 0 Å². The van der Waals surface area contributed by atoms with Gasteiger partial charge in [0.25, 0.3) is 5.56 Å². The third-order valence-corrected chi connectivity index (χ3v) is 3.10. The van der Waals surface area contributed by atoms with E-state index < -0.39 is 0 Å².